The number of fused-ring (bicyclic) bond motifs is 1. The molecule has 0 aliphatic rings. The molecule has 0 unspecified atom stereocenters. The maximum Gasteiger partial charge on any atom is 0.203 e. The van der Waals surface area contributed by atoms with Crippen molar-refractivity contribution in [3.05, 3.63) is 29.3 Å². The standard InChI is InChI=1S/C22H25NO6/c1-7-23-19(13-8-16(27-4)22(29-6)17(9-13)28-5)12(2)18-14(11-24)10-15(26-3)21(25)20(18)23/h8-11,25H,7H2,1-6H3. The van der Waals surface area contributed by atoms with Crippen LogP contribution in [-0.2, 0) is 6.54 Å². The normalized spacial score (nSPS) is 10.8. The molecule has 0 atom stereocenters. The molecular formula is C22H25NO6. The van der Waals surface area contributed by atoms with Crippen molar-refractivity contribution in [1.29, 1.82) is 0 Å². The van der Waals surface area contributed by atoms with Crippen LogP contribution in [0.1, 0.15) is 22.8 Å². The van der Waals surface area contributed by atoms with Crippen LogP contribution in [0.3, 0.4) is 0 Å². The number of phenols is 1. The second kappa shape index (κ2) is 7.95. The van der Waals surface area contributed by atoms with E-state index >= 15 is 0 Å². The van der Waals surface area contributed by atoms with Gasteiger partial charge in [-0.2, -0.15) is 0 Å². The van der Waals surface area contributed by atoms with Crippen molar-refractivity contribution < 1.29 is 28.8 Å². The summed E-state index contributed by atoms with van der Waals surface area (Å²) < 4.78 is 23.6. The number of hydrogen-bond acceptors (Lipinski definition) is 6. The largest absolute Gasteiger partial charge is 0.503 e. The van der Waals surface area contributed by atoms with E-state index in [1.807, 2.05) is 30.5 Å². The number of aromatic hydroxyl groups is 1. The van der Waals surface area contributed by atoms with Crippen LogP contribution in [-0.4, -0.2) is 44.4 Å². The second-order valence-electron chi connectivity index (χ2n) is 6.49. The van der Waals surface area contributed by atoms with Crippen molar-refractivity contribution in [2.45, 2.75) is 20.4 Å². The number of phenolic OH excluding ortho intramolecular Hbond substituents is 1. The molecule has 2 aromatic carbocycles. The van der Waals surface area contributed by atoms with Crippen LogP contribution in [0.5, 0.6) is 28.7 Å². The third kappa shape index (κ3) is 3.03. The highest BCUT2D eigenvalue weighted by molar-refractivity contribution is 6.06. The lowest BCUT2D eigenvalue weighted by molar-refractivity contribution is 0.112. The zero-order valence-corrected chi connectivity index (χ0v) is 17.5. The Morgan fingerprint density at radius 2 is 1.55 bits per heavy atom. The zero-order valence-electron chi connectivity index (χ0n) is 17.5. The minimum Gasteiger partial charge on any atom is -0.503 e. The van der Waals surface area contributed by atoms with Crippen molar-refractivity contribution in [3.63, 3.8) is 0 Å². The first-order valence-electron chi connectivity index (χ1n) is 9.15. The van der Waals surface area contributed by atoms with Gasteiger partial charge in [0.25, 0.3) is 0 Å². The Morgan fingerprint density at radius 3 is 2.00 bits per heavy atom. The fourth-order valence-electron chi connectivity index (χ4n) is 3.90. The molecule has 0 saturated heterocycles. The van der Waals surface area contributed by atoms with Crippen molar-refractivity contribution >= 4 is 17.2 Å². The monoisotopic (exact) mass is 399 g/mol. The number of carbonyl (C=O) groups is 1. The molecule has 0 radical (unpaired) electrons. The lowest BCUT2D eigenvalue weighted by Gasteiger charge is -2.16. The van der Waals surface area contributed by atoms with Gasteiger partial charge in [0.15, 0.2) is 29.3 Å². The van der Waals surface area contributed by atoms with Gasteiger partial charge < -0.3 is 28.6 Å². The summed E-state index contributed by atoms with van der Waals surface area (Å²) in [7, 11) is 6.13. The van der Waals surface area contributed by atoms with E-state index in [0.29, 0.717) is 40.3 Å². The van der Waals surface area contributed by atoms with E-state index in [1.54, 1.807) is 27.4 Å². The maximum absolute atomic E-state index is 11.8. The zero-order chi connectivity index (χ0) is 21.3. The number of hydrogen-bond donors (Lipinski definition) is 1. The number of methoxy groups -OCH3 is 4. The topological polar surface area (TPSA) is 79.2 Å². The summed E-state index contributed by atoms with van der Waals surface area (Å²) in [6.07, 6.45) is 0.774. The summed E-state index contributed by atoms with van der Waals surface area (Å²) in [5.74, 6) is 1.78. The Bertz CT molecular complexity index is 1060. The van der Waals surface area contributed by atoms with Gasteiger partial charge in [0.1, 0.15) is 0 Å². The summed E-state index contributed by atoms with van der Waals surface area (Å²) in [4.78, 5) is 11.8. The number of aromatic nitrogens is 1. The summed E-state index contributed by atoms with van der Waals surface area (Å²) in [6.45, 7) is 4.46. The van der Waals surface area contributed by atoms with Crippen LogP contribution < -0.4 is 18.9 Å². The first-order valence-corrected chi connectivity index (χ1v) is 9.15. The van der Waals surface area contributed by atoms with Crippen molar-refractivity contribution in [2.75, 3.05) is 28.4 Å². The average Bonchev–Trinajstić information content (AvgIpc) is 3.05. The smallest absolute Gasteiger partial charge is 0.203 e. The van der Waals surface area contributed by atoms with Gasteiger partial charge >= 0.3 is 0 Å². The van der Waals surface area contributed by atoms with Crippen LogP contribution in [0.4, 0.5) is 0 Å². The third-order valence-electron chi connectivity index (χ3n) is 5.14. The van der Waals surface area contributed by atoms with E-state index in [2.05, 4.69) is 0 Å². The molecular weight excluding hydrogens is 374 g/mol. The lowest BCUT2D eigenvalue weighted by atomic mass is 10.0. The first-order chi connectivity index (χ1) is 14.0. The van der Waals surface area contributed by atoms with Gasteiger partial charge in [-0.25, -0.2) is 0 Å². The van der Waals surface area contributed by atoms with Crippen molar-refractivity contribution in [2.24, 2.45) is 0 Å². The number of ether oxygens (including phenoxy) is 4. The molecule has 0 aliphatic carbocycles. The molecule has 0 bridgehead atoms. The van der Waals surface area contributed by atoms with Crippen LogP contribution in [0.2, 0.25) is 0 Å². The van der Waals surface area contributed by atoms with Gasteiger partial charge in [0, 0.05) is 23.1 Å². The van der Waals surface area contributed by atoms with Crippen LogP contribution in [0.15, 0.2) is 18.2 Å². The second-order valence-corrected chi connectivity index (χ2v) is 6.49. The molecule has 1 aromatic heterocycles. The average molecular weight is 399 g/mol. The molecule has 7 nitrogen and oxygen atoms in total. The highest BCUT2D eigenvalue weighted by Crippen LogP contribution is 2.46. The van der Waals surface area contributed by atoms with Gasteiger partial charge in [0.05, 0.1) is 39.6 Å². The summed E-state index contributed by atoms with van der Waals surface area (Å²) in [6, 6.07) is 5.25. The molecule has 0 aliphatic heterocycles. The molecule has 154 valence electrons. The third-order valence-corrected chi connectivity index (χ3v) is 5.14. The predicted molar refractivity (Wildman–Crippen MR) is 111 cm³/mol. The molecule has 7 heteroatoms. The Hall–Kier alpha value is -3.35. The van der Waals surface area contributed by atoms with Gasteiger partial charge in [-0.15, -0.1) is 0 Å². The van der Waals surface area contributed by atoms with Gasteiger partial charge in [-0.05, 0) is 37.6 Å². The number of carbonyl (C=O) groups excluding carboxylic acids is 1. The molecule has 29 heavy (non-hydrogen) atoms. The predicted octanol–water partition coefficient (Wildman–Crippen LogP) is 4.19. The quantitative estimate of drug-likeness (QED) is 0.600. The maximum atomic E-state index is 11.8. The van der Waals surface area contributed by atoms with E-state index in [4.69, 9.17) is 18.9 Å². The van der Waals surface area contributed by atoms with Gasteiger partial charge in [-0.1, -0.05) is 0 Å². The lowest BCUT2D eigenvalue weighted by Crippen LogP contribution is -2.00. The van der Waals surface area contributed by atoms with E-state index < -0.39 is 0 Å². The highest BCUT2D eigenvalue weighted by Gasteiger charge is 2.25. The van der Waals surface area contributed by atoms with Gasteiger partial charge in [-0.3, -0.25) is 4.79 Å². The number of aryl methyl sites for hydroxylation is 2. The van der Waals surface area contributed by atoms with Gasteiger partial charge in [0.2, 0.25) is 5.75 Å². The van der Waals surface area contributed by atoms with Crippen LogP contribution in [0, 0.1) is 6.92 Å². The summed E-state index contributed by atoms with van der Waals surface area (Å²) in [5, 5.41) is 11.5. The minimum absolute atomic E-state index is 0.00302. The van der Waals surface area contributed by atoms with E-state index in [-0.39, 0.29) is 11.5 Å². The van der Waals surface area contributed by atoms with Crippen molar-refractivity contribution in [1.82, 2.24) is 4.57 Å². The molecule has 1 N–H and O–H groups in total. The van der Waals surface area contributed by atoms with Crippen molar-refractivity contribution in [3.8, 4) is 40.0 Å². The fourth-order valence-corrected chi connectivity index (χ4v) is 3.90. The molecule has 0 saturated carbocycles. The number of aldehydes is 1. The molecule has 0 amide bonds. The van der Waals surface area contributed by atoms with E-state index in [9.17, 15) is 9.90 Å². The minimum atomic E-state index is -0.00302. The Kier molecular flexibility index (Phi) is 5.59. The van der Waals surface area contributed by atoms with E-state index in [0.717, 1.165) is 23.1 Å². The SMILES string of the molecule is CCn1c(-c2cc(OC)c(OC)c(OC)c2)c(C)c2c(C=O)cc(OC)c(O)c21. The molecule has 3 rings (SSSR count). The Balaban J connectivity index is 2.47. The molecule has 0 spiro atoms. The number of benzene rings is 2. The summed E-state index contributed by atoms with van der Waals surface area (Å²) >= 11 is 0. The molecule has 3 aromatic rings. The summed E-state index contributed by atoms with van der Waals surface area (Å²) in [5.41, 5.74) is 3.51. The first kappa shape index (κ1) is 20.4. The number of rotatable bonds is 7. The molecule has 0 fully saturated rings. The van der Waals surface area contributed by atoms with Crippen LogP contribution >= 0.6 is 0 Å². The Morgan fingerprint density at radius 1 is 0.966 bits per heavy atom. The Labute approximate surface area is 169 Å². The fraction of sp³-hybridized carbons (Fsp3) is 0.318. The number of nitrogens with zero attached hydrogens (tertiary/aromatic N) is 1. The molecule has 1 heterocycles. The highest BCUT2D eigenvalue weighted by atomic mass is 16.5. The van der Waals surface area contributed by atoms with Crippen LogP contribution in [0.25, 0.3) is 22.2 Å². The van der Waals surface area contributed by atoms with E-state index in [1.165, 1.54) is 7.11 Å².